The largest absolute Gasteiger partial charge is 0.493 e. The van der Waals surface area contributed by atoms with Crippen molar-refractivity contribution in [1.82, 2.24) is 4.90 Å². The van der Waals surface area contributed by atoms with Gasteiger partial charge in [-0.15, -0.1) is 0 Å². The molecule has 3 aliphatic rings. The van der Waals surface area contributed by atoms with E-state index in [0.29, 0.717) is 48.3 Å². The first-order valence-electron chi connectivity index (χ1n) is 10.8. The molecule has 0 fully saturated rings. The Bertz CT molecular complexity index is 1010. The summed E-state index contributed by atoms with van der Waals surface area (Å²) in [6.07, 6.45) is 3.68. The molecule has 32 heavy (non-hydrogen) atoms. The summed E-state index contributed by atoms with van der Waals surface area (Å²) in [4.78, 5) is 39.8. The highest BCUT2D eigenvalue weighted by atomic mass is 127. The van der Waals surface area contributed by atoms with E-state index in [1.807, 2.05) is 17.0 Å². The molecule has 1 aromatic rings. The second-order valence-corrected chi connectivity index (χ2v) is 9.40. The Morgan fingerprint density at radius 1 is 1.03 bits per heavy atom. The highest BCUT2D eigenvalue weighted by molar-refractivity contribution is 14.1. The number of carbonyl (C=O) groups excluding carboxylic acids is 2. The van der Waals surface area contributed by atoms with Gasteiger partial charge in [0.05, 0.1) is 24.2 Å². The topological polar surface area (TPSA) is 93.1 Å². The molecule has 4 rings (SSSR count). The lowest BCUT2D eigenvalue weighted by atomic mass is 9.71. The quantitative estimate of drug-likeness (QED) is 0.530. The number of hydrogen-bond donors (Lipinski definition) is 1. The number of benzene rings is 1. The number of halogens is 1. The molecule has 7 nitrogen and oxygen atoms in total. The summed E-state index contributed by atoms with van der Waals surface area (Å²) < 4.78 is 11.9. The number of ketones is 2. The van der Waals surface area contributed by atoms with Gasteiger partial charge in [0.2, 0.25) is 0 Å². The standard InChI is InChI=1S/C24H26INO6/c1-31-19-12-13(11-14(25)24(19)32-2)21-22-15(5-3-7-17(22)27)26(10-9-20(29)30)16-6-4-8-18(28)23(16)21/h11-12,21H,3-10H2,1-2H3,(H,29,30). The van der Waals surface area contributed by atoms with E-state index in [1.54, 1.807) is 14.2 Å². The van der Waals surface area contributed by atoms with Crippen LogP contribution < -0.4 is 9.47 Å². The minimum atomic E-state index is -0.893. The van der Waals surface area contributed by atoms with Crippen molar-refractivity contribution >= 4 is 40.1 Å². The molecule has 1 aromatic carbocycles. The third-order valence-corrected chi connectivity index (χ3v) is 7.23. The van der Waals surface area contributed by atoms with Crippen molar-refractivity contribution in [2.24, 2.45) is 0 Å². The van der Waals surface area contributed by atoms with Crippen LogP contribution >= 0.6 is 22.6 Å². The normalized spacial score (nSPS) is 19.2. The van der Waals surface area contributed by atoms with E-state index >= 15 is 0 Å². The molecule has 0 amide bonds. The number of methoxy groups -OCH3 is 2. The number of rotatable bonds is 6. The maximum atomic E-state index is 13.2. The van der Waals surface area contributed by atoms with Gasteiger partial charge in [0.15, 0.2) is 23.1 Å². The Hall–Kier alpha value is -2.36. The fourth-order valence-electron chi connectivity index (χ4n) is 5.13. The number of carboxylic acid groups (broad SMARTS) is 1. The average molecular weight is 551 g/mol. The van der Waals surface area contributed by atoms with E-state index < -0.39 is 11.9 Å². The highest BCUT2D eigenvalue weighted by Gasteiger charge is 2.43. The lowest BCUT2D eigenvalue weighted by Gasteiger charge is -2.44. The van der Waals surface area contributed by atoms with Crippen molar-refractivity contribution in [3.05, 3.63) is 43.8 Å². The van der Waals surface area contributed by atoms with Crippen molar-refractivity contribution in [2.75, 3.05) is 20.8 Å². The summed E-state index contributed by atoms with van der Waals surface area (Å²) in [6, 6.07) is 3.82. The number of allylic oxidation sites excluding steroid dienone is 4. The molecule has 8 heteroatoms. The number of hydrogen-bond acceptors (Lipinski definition) is 6. The van der Waals surface area contributed by atoms with Crippen LogP contribution in [0, 0.1) is 3.57 Å². The lowest BCUT2D eigenvalue weighted by molar-refractivity contribution is -0.137. The monoisotopic (exact) mass is 551 g/mol. The number of Topliss-reactive ketones (excluding diaryl/α,β-unsaturated/α-hetero) is 2. The predicted molar refractivity (Wildman–Crippen MR) is 126 cm³/mol. The van der Waals surface area contributed by atoms with Crippen LogP contribution in [-0.2, 0) is 14.4 Å². The van der Waals surface area contributed by atoms with E-state index in [9.17, 15) is 19.5 Å². The number of carbonyl (C=O) groups is 3. The molecule has 0 bridgehead atoms. The Kier molecular flexibility index (Phi) is 6.60. The van der Waals surface area contributed by atoms with Crippen LogP contribution in [0.25, 0.3) is 0 Å². The fraction of sp³-hybridized carbons (Fsp3) is 0.458. The van der Waals surface area contributed by atoms with Crippen LogP contribution in [0.15, 0.2) is 34.7 Å². The first kappa shape index (κ1) is 22.8. The smallest absolute Gasteiger partial charge is 0.305 e. The molecule has 1 heterocycles. The van der Waals surface area contributed by atoms with Gasteiger partial charge in [-0.3, -0.25) is 14.4 Å². The summed E-state index contributed by atoms with van der Waals surface area (Å²) in [5, 5.41) is 9.29. The van der Waals surface area contributed by atoms with Crippen molar-refractivity contribution in [3.8, 4) is 11.5 Å². The van der Waals surface area contributed by atoms with Crippen LogP contribution in [0.2, 0.25) is 0 Å². The Labute approximate surface area is 200 Å². The van der Waals surface area contributed by atoms with Gasteiger partial charge in [0, 0.05) is 47.8 Å². The molecular formula is C24H26INO6. The summed E-state index contributed by atoms with van der Waals surface area (Å²) in [7, 11) is 3.15. The Morgan fingerprint density at radius 3 is 2.12 bits per heavy atom. The van der Waals surface area contributed by atoms with Crippen molar-refractivity contribution < 1.29 is 29.0 Å². The SMILES string of the molecule is COc1cc(C2C3=C(CCCC3=O)N(CCC(=O)O)C3=C2C(=O)CCC3)cc(I)c1OC. The molecule has 2 aliphatic carbocycles. The van der Waals surface area contributed by atoms with Gasteiger partial charge >= 0.3 is 5.97 Å². The number of aliphatic carboxylic acids is 1. The van der Waals surface area contributed by atoms with Crippen molar-refractivity contribution in [1.29, 1.82) is 0 Å². The third-order valence-electron chi connectivity index (χ3n) is 6.42. The summed E-state index contributed by atoms with van der Waals surface area (Å²) in [6.45, 7) is 0.268. The van der Waals surface area contributed by atoms with Crippen molar-refractivity contribution in [3.63, 3.8) is 0 Å². The molecule has 1 aliphatic heterocycles. The van der Waals surface area contributed by atoms with Gasteiger partial charge in [-0.1, -0.05) is 0 Å². The van der Waals surface area contributed by atoms with Gasteiger partial charge in [-0.2, -0.15) is 0 Å². The highest BCUT2D eigenvalue weighted by Crippen LogP contribution is 2.50. The van der Waals surface area contributed by atoms with Gasteiger partial charge in [0.25, 0.3) is 0 Å². The fourth-order valence-corrected chi connectivity index (χ4v) is 5.98. The second-order valence-electron chi connectivity index (χ2n) is 8.24. The molecule has 1 N–H and O–H groups in total. The molecule has 0 unspecified atom stereocenters. The van der Waals surface area contributed by atoms with E-state index in [-0.39, 0.29) is 24.5 Å². The molecule has 0 radical (unpaired) electrons. The lowest BCUT2D eigenvalue weighted by Crippen LogP contribution is -2.40. The molecule has 170 valence electrons. The van der Waals surface area contributed by atoms with E-state index in [4.69, 9.17) is 9.47 Å². The first-order valence-corrected chi connectivity index (χ1v) is 11.9. The van der Waals surface area contributed by atoms with Crippen LogP contribution in [-0.4, -0.2) is 48.3 Å². The minimum absolute atomic E-state index is 0.0336. The maximum Gasteiger partial charge on any atom is 0.305 e. The van der Waals surface area contributed by atoms with Gasteiger partial charge in [0.1, 0.15) is 0 Å². The molecule has 0 spiro atoms. The Morgan fingerprint density at radius 2 is 1.62 bits per heavy atom. The first-order chi connectivity index (χ1) is 15.4. The third kappa shape index (κ3) is 3.93. The number of ether oxygens (including phenoxy) is 2. The van der Waals surface area contributed by atoms with E-state index in [1.165, 1.54) is 0 Å². The summed E-state index contributed by atoms with van der Waals surface area (Å²) in [5.74, 6) is -0.120. The average Bonchev–Trinajstić information content (AvgIpc) is 2.76. The van der Waals surface area contributed by atoms with Crippen LogP contribution in [0.3, 0.4) is 0 Å². The minimum Gasteiger partial charge on any atom is -0.493 e. The van der Waals surface area contributed by atoms with E-state index in [2.05, 4.69) is 22.6 Å². The molecular weight excluding hydrogens is 525 g/mol. The predicted octanol–water partition coefficient (Wildman–Crippen LogP) is 4.20. The zero-order valence-corrected chi connectivity index (χ0v) is 20.4. The van der Waals surface area contributed by atoms with Crippen LogP contribution in [0.4, 0.5) is 0 Å². The second kappa shape index (κ2) is 9.25. The maximum absolute atomic E-state index is 13.2. The number of carboxylic acids is 1. The molecule has 0 atom stereocenters. The van der Waals surface area contributed by atoms with Crippen molar-refractivity contribution in [2.45, 2.75) is 50.9 Å². The molecule has 0 aromatic heterocycles. The van der Waals surface area contributed by atoms with E-state index in [0.717, 1.165) is 33.4 Å². The van der Waals surface area contributed by atoms with Crippen LogP contribution in [0.5, 0.6) is 11.5 Å². The summed E-state index contributed by atoms with van der Waals surface area (Å²) in [5.41, 5.74) is 3.87. The summed E-state index contributed by atoms with van der Waals surface area (Å²) >= 11 is 2.18. The Balaban J connectivity index is 1.94. The zero-order chi connectivity index (χ0) is 23.0. The molecule has 0 saturated heterocycles. The van der Waals surface area contributed by atoms with Gasteiger partial charge in [-0.05, 0) is 66.0 Å². The van der Waals surface area contributed by atoms with Gasteiger partial charge in [-0.25, -0.2) is 0 Å². The van der Waals surface area contributed by atoms with Gasteiger partial charge < -0.3 is 19.5 Å². The molecule has 0 saturated carbocycles. The van der Waals surface area contributed by atoms with Crippen LogP contribution in [0.1, 0.15) is 56.4 Å². The zero-order valence-electron chi connectivity index (χ0n) is 18.2. The number of nitrogens with zero attached hydrogens (tertiary/aromatic N) is 1.